The molecule has 2 saturated heterocycles. The molecule has 4 nitrogen and oxygen atoms in total. The number of likely N-dealkylation sites (tertiary alicyclic amines) is 1. The molecule has 0 aliphatic carbocycles. The Morgan fingerprint density at radius 3 is 2.50 bits per heavy atom. The summed E-state index contributed by atoms with van der Waals surface area (Å²) in [4.78, 5) is 14.1. The normalized spacial score (nSPS) is 21.4. The van der Waals surface area contributed by atoms with Gasteiger partial charge in [0.25, 0.3) is 5.91 Å². The molecule has 2 fully saturated rings. The van der Waals surface area contributed by atoms with Crippen LogP contribution in [0.3, 0.4) is 0 Å². The maximum atomic E-state index is 13.1. The molecule has 2 aliphatic heterocycles. The van der Waals surface area contributed by atoms with Gasteiger partial charge in [-0.05, 0) is 18.2 Å². The Bertz CT molecular complexity index is 521. The average molecular weight is 300 g/mol. The van der Waals surface area contributed by atoms with E-state index in [1.54, 1.807) is 4.90 Å². The maximum absolute atomic E-state index is 13.1. The third-order valence-electron chi connectivity index (χ3n) is 3.79. The van der Waals surface area contributed by atoms with Crippen molar-refractivity contribution in [3.63, 3.8) is 0 Å². The molecule has 1 spiro atoms. The van der Waals surface area contributed by atoms with E-state index in [9.17, 15) is 9.18 Å². The number of carbonyl (C=O) groups is 1. The lowest BCUT2D eigenvalue weighted by Gasteiger charge is -2.37. The molecule has 20 heavy (non-hydrogen) atoms. The molecule has 1 amide bonds. The molecule has 0 bridgehead atoms. The van der Waals surface area contributed by atoms with Gasteiger partial charge in [-0.2, -0.15) is 0 Å². The Hall–Kier alpha value is -1.17. The minimum Gasteiger partial charge on any atom is -0.347 e. The molecule has 6 heteroatoms. The summed E-state index contributed by atoms with van der Waals surface area (Å²) in [5, 5.41) is -0.0354. The van der Waals surface area contributed by atoms with Crippen molar-refractivity contribution in [1.29, 1.82) is 0 Å². The monoisotopic (exact) mass is 299 g/mol. The van der Waals surface area contributed by atoms with Crippen molar-refractivity contribution in [2.24, 2.45) is 0 Å². The van der Waals surface area contributed by atoms with Gasteiger partial charge in [0, 0.05) is 31.5 Å². The SMILES string of the molecule is O=C(c1ccc(F)c(Cl)c1)N1CCC2(CC1)OCCO2. The van der Waals surface area contributed by atoms with E-state index in [2.05, 4.69) is 0 Å². The quantitative estimate of drug-likeness (QED) is 0.799. The first-order valence-electron chi connectivity index (χ1n) is 6.62. The zero-order chi connectivity index (χ0) is 14.2. The summed E-state index contributed by atoms with van der Waals surface area (Å²) in [7, 11) is 0. The van der Waals surface area contributed by atoms with Gasteiger partial charge in [0.15, 0.2) is 5.79 Å². The van der Waals surface area contributed by atoms with E-state index in [1.165, 1.54) is 18.2 Å². The number of piperidine rings is 1. The number of nitrogens with zero attached hydrogens (tertiary/aromatic N) is 1. The second kappa shape index (κ2) is 5.31. The largest absolute Gasteiger partial charge is 0.347 e. The highest BCUT2D eigenvalue weighted by Crippen LogP contribution is 2.31. The molecular formula is C14H15ClFNO3. The van der Waals surface area contributed by atoms with E-state index in [4.69, 9.17) is 21.1 Å². The molecule has 0 N–H and O–H groups in total. The number of amides is 1. The van der Waals surface area contributed by atoms with Gasteiger partial charge in [-0.1, -0.05) is 11.6 Å². The van der Waals surface area contributed by atoms with Gasteiger partial charge in [0.2, 0.25) is 0 Å². The predicted octanol–water partition coefficient (Wildman–Crippen LogP) is 2.46. The van der Waals surface area contributed by atoms with Crippen molar-refractivity contribution in [2.45, 2.75) is 18.6 Å². The molecule has 0 unspecified atom stereocenters. The van der Waals surface area contributed by atoms with E-state index in [-0.39, 0.29) is 10.9 Å². The Morgan fingerprint density at radius 2 is 1.90 bits per heavy atom. The molecule has 3 rings (SSSR count). The second-order valence-electron chi connectivity index (χ2n) is 5.03. The topological polar surface area (TPSA) is 38.8 Å². The van der Waals surface area contributed by atoms with Gasteiger partial charge in [-0.25, -0.2) is 4.39 Å². The van der Waals surface area contributed by atoms with Gasteiger partial charge >= 0.3 is 0 Å². The highest BCUT2D eigenvalue weighted by atomic mass is 35.5. The van der Waals surface area contributed by atoms with Crippen LogP contribution in [0.1, 0.15) is 23.2 Å². The van der Waals surface area contributed by atoms with Gasteiger partial charge in [0.1, 0.15) is 5.82 Å². The lowest BCUT2D eigenvalue weighted by atomic mass is 10.0. The molecule has 0 atom stereocenters. The molecule has 1 aromatic rings. The summed E-state index contributed by atoms with van der Waals surface area (Å²) in [6.45, 7) is 2.35. The Kier molecular flexibility index (Phi) is 3.67. The van der Waals surface area contributed by atoms with E-state index in [0.29, 0.717) is 44.7 Å². The number of hydrogen-bond acceptors (Lipinski definition) is 3. The Labute approximate surface area is 121 Å². The van der Waals surface area contributed by atoms with Crippen LogP contribution in [0.5, 0.6) is 0 Å². The molecule has 2 aliphatic rings. The number of ether oxygens (including phenoxy) is 2. The fourth-order valence-electron chi connectivity index (χ4n) is 2.65. The third-order valence-corrected chi connectivity index (χ3v) is 4.08. The Morgan fingerprint density at radius 1 is 1.25 bits per heavy atom. The van der Waals surface area contributed by atoms with E-state index in [0.717, 1.165) is 0 Å². The molecule has 0 radical (unpaired) electrons. The maximum Gasteiger partial charge on any atom is 0.253 e. The highest BCUT2D eigenvalue weighted by molar-refractivity contribution is 6.31. The van der Waals surface area contributed by atoms with Gasteiger partial charge in [0.05, 0.1) is 18.2 Å². The average Bonchev–Trinajstić information content (AvgIpc) is 2.90. The van der Waals surface area contributed by atoms with Crippen molar-refractivity contribution in [2.75, 3.05) is 26.3 Å². The summed E-state index contributed by atoms with van der Waals surface area (Å²) in [6.07, 6.45) is 1.32. The molecule has 108 valence electrons. The van der Waals surface area contributed by atoms with Gasteiger partial charge in [-0.3, -0.25) is 4.79 Å². The summed E-state index contributed by atoms with van der Waals surface area (Å²) in [5.41, 5.74) is 0.403. The van der Waals surface area contributed by atoms with Crippen LogP contribution in [0.25, 0.3) is 0 Å². The molecule has 0 saturated carbocycles. The van der Waals surface area contributed by atoms with Crippen LogP contribution in [-0.2, 0) is 9.47 Å². The highest BCUT2D eigenvalue weighted by Gasteiger charge is 2.40. The fourth-order valence-corrected chi connectivity index (χ4v) is 2.83. The summed E-state index contributed by atoms with van der Waals surface area (Å²) < 4.78 is 24.4. The number of carbonyl (C=O) groups excluding carboxylic acids is 1. The van der Waals surface area contributed by atoms with Crippen molar-refractivity contribution >= 4 is 17.5 Å². The zero-order valence-corrected chi connectivity index (χ0v) is 11.7. The molecule has 1 aromatic carbocycles. The van der Waals surface area contributed by atoms with Crippen LogP contribution >= 0.6 is 11.6 Å². The first-order valence-corrected chi connectivity index (χ1v) is 7.00. The lowest BCUT2D eigenvalue weighted by Crippen LogP contribution is -2.47. The minimum atomic E-state index is -0.520. The van der Waals surface area contributed by atoms with Crippen LogP contribution in [0, 0.1) is 5.82 Å². The summed E-state index contributed by atoms with van der Waals surface area (Å²) in [6, 6.07) is 4.03. The zero-order valence-electron chi connectivity index (χ0n) is 10.9. The van der Waals surface area contributed by atoms with Gasteiger partial charge < -0.3 is 14.4 Å². The second-order valence-corrected chi connectivity index (χ2v) is 5.44. The van der Waals surface area contributed by atoms with Crippen LogP contribution < -0.4 is 0 Å². The standard InChI is InChI=1S/C14H15ClFNO3/c15-11-9-10(1-2-12(11)16)13(18)17-5-3-14(4-6-17)19-7-8-20-14/h1-2,9H,3-8H2. The molecule has 2 heterocycles. The summed E-state index contributed by atoms with van der Waals surface area (Å²) in [5.74, 6) is -1.16. The van der Waals surface area contributed by atoms with E-state index in [1.807, 2.05) is 0 Å². The van der Waals surface area contributed by atoms with Crippen molar-refractivity contribution in [1.82, 2.24) is 4.90 Å². The molecule has 0 aromatic heterocycles. The van der Waals surface area contributed by atoms with Crippen molar-refractivity contribution < 1.29 is 18.7 Å². The number of halogens is 2. The minimum absolute atomic E-state index is 0.0354. The van der Waals surface area contributed by atoms with E-state index >= 15 is 0 Å². The van der Waals surface area contributed by atoms with Crippen LogP contribution in [0.2, 0.25) is 5.02 Å². The van der Waals surface area contributed by atoms with Crippen LogP contribution in [0.15, 0.2) is 18.2 Å². The van der Waals surface area contributed by atoms with Crippen LogP contribution in [0.4, 0.5) is 4.39 Å². The number of benzene rings is 1. The summed E-state index contributed by atoms with van der Waals surface area (Å²) >= 11 is 5.71. The predicted molar refractivity (Wildman–Crippen MR) is 71.2 cm³/mol. The Balaban J connectivity index is 1.68. The first-order chi connectivity index (χ1) is 9.60. The van der Waals surface area contributed by atoms with Crippen LogP contribution in [-0.4, -0.2) is 42.9 Å². The van der Waals surface area contributed by atoms with E-state index < -0.39 is 11.6 Å². The fraction of sp³-hybridized carbons (Fsp3) is 0.500. The number of rotatable bonds is 1. The lowest BCUT2D eigenvalue weighted by molar-refractivity contribution is -0.181. The smallest absolute Gasteiger partial charge is 0.253 e. The third kappa shape index (κ3) is 2.53. The van der Waals surface area contributed by atoms with Crippen molar-refractivity contribution in [3.05, 3.63) is 34.6 Å². The van der Waals surface area contributed by atoms with Crippen molar-refractivity contribution in [3.8, 4) is 0 Å². The van der Waals surface area contributed by atoms with Gasteiger partial charge in [-0.15, -0.1) is 0 Å². The first kappa shape index (κ1) is 13.8. The number of hydrogen-bond donors (Lipinski definition) is 0. The molecular weight excluding hydrogens is 285 g/mol.